The van der Waals surface area contributed by atoms with Crippen LogP contribution in [0.3, 0.4) is 0 Å². The molecule has 0 saturated carbocycles. The molecule has 0 atom stereocenters. The number of nitrogens with zero attached hydrogens (tertiary/aromatic N) is 2. The standard InChI is InChI=1S/C11H18N3O2/c1-5-14(2,3)10-6-8(12)9(13-15)7-11(10)16-4/h7,12H,5-6H2,1-4H3/q+1. The lowest BCUT2D eigenvalue weighted by Gasteiger charge is -2.32. The molecule has 0 radical (unpaired) electrons. The fourth-order valence-electron chi connectivity index (χ4n) is 1.60. The molecule has 0 amide bonds. The molecule has 0 fully saturated rings. The van der Waals surface area contributed by atoms with Crippen LogP contribution in [0.25, 0.3) is 0 Å². The predicted octanol–water partition coefficient (Wildman–Crippen LogP) is 2.01. The number of allylic oxidation sites excluding steroid dienone is 3. The molecule has 88 valence electrons. The van der Waals surface area contributed by atoms with E-state index in [1.54, 1.807) is 13.2 Å². The van der Waals surface area contributed by atoms with Crippen molar-refractivity contribution in [1.82, 2.24) is 0 Å². The minimum absolute atomic E-state index is 0.164. The van der Waals surface area contributed by atoms with E-state index < -0.39 is 0 Å². The lowest BCUT2D eigenvalue weighted by molar-refractivity contribution is -0.852. The summed E-state index contributed by atoms with van der Waals surface area (Å²) in [5, 5.41) is 10.6. The van der Waals surface area contributed by atoms with Crippen LogP contribution in [-0.2, 0) is 4.74 Å². The Bertz CT molecular complexity index is 381. The van der Waals surface area contributed by atoms with Gasteiger partial charge in [-0.15, -0.1) is 4.91 Å². The second kappa shape index (κ2) is 4.57. The van der Waals surface area contributed by atoms with Crippen molar-refractivity contribution >= 4 is 5.71 Å². The Morgan fingerprint density at radius 1 is 1.56 bits per heavy atom. The summed E-state index contributed by atoms with van der Waals surface area (Å²) in [6, 6.07) is 0. The highest BCUT2D eigenvalue weighted by molar-refractivity contribution is 6.00. The summed E-state index contributed by atoms with van der Waals surface area (Å²) < 4.78 is 5.91. The fraction of sp³-hybridized carbons (Fsp3) is 0.545. The molecule has 5 nitrogen and oxygen atoms in total. The fourth-order valence-corrected chi connectivity index (χ4v) is 1.60. The van der Waals surface area contributed by atoms with Gasteiger partial charge in [0.05, 0.1) is 39.9 Å². The van der Waals surface area contributed by atoms with Crippen molar-refractivity contribution in [2.24, 2.45) is 5.18 Å². The Labute approximate surface area is 95.5 Å². The van der Waals surface area contributed by atoms with E-state index in [0.717, 1.165) is 12.2 Å². The molecule has 0 heterocycles. The molecule has 0 saturated heterocycles. The van der Waals surface area contributed by atoms with Crippen LogP contribution in [0.2, 0.25) is 0 Å². The zero-order valence-corrected chi connectivity index (χ0v) is 10.2. The summed E-state index contributed by atoms with van der Waals surface area (Å²) in [6.45, 7) is 2.97. The molecule has 0 bridgehead atoms. The molecular formula is C11H18N3O2+. The van der Waals surface area contributed by atoms with E-state index in [-0.39, 0.29) is 11.4 Å². The van der Waals surface area contributed by atoms with Crippen LogP contribution in [-0.4, -0.2) is 37.9 Å². The van der Waals surface area contributed by atoms with E-state index >= 15 is 0 Å². The molecule has 1 N–H and O–H groups in total. The van der Waals surface area contributed by atoms with Gasteiger partial charge in [0.2, 0.25) is 0 Å². The normalized spacial score (nSPS) is 17.2. The summed E-state index contributed by atoms with van der Waals surface area (Å²) >= 11 is 0. The highest BCUT2D eigenvalue weighted by atomic mass is 16.5. The Hall–Kier alpha value is -1.49. The lowest BCUT2D eigenvalue weighted by atomic mass is 10.0. The maximum Gasteiger partial charge on any atom is 0.177 e. The first-order valence-corrected chi connectivity index (χ1v) is 5.19. The van der Waals surface area contributed by atoms with E-state index in [0.29, 0.717) is 16.7 Å². The van der Waals surface area contributed by atoms with Gasteiger partial charge in [-0.2, -0.15) is 0 Å². The average molecular weight is 224 g/mol. The molecule has 1 aliphatic rings. The zero-order valence-electron chi connectivity index (χ0n) is 10.2. The number of nitroso groups, excluding NO2 is 1. The van der Waals surface area contributed by atoms with Gasteiger partial charge in [0.1, 0.15) is 5.70 Å². The molecular weight excluding hydrogens is 206 g/mol. The minimum atomic E-state index is 0.164. The molecule has 0 spiro atoms. The molecule has 0 unspecified atom stereocenters. The van der Waals surface area contributed by atoms with Crippen molar-refractivity contribution in [3.05, 3.63) is 28.1 Å². The SMILES string of the molecule is CC[N+](C)(C)C1=C(OC)C=C(N=O)C(=N)C1. The van der Waals surface area contributed by atoms with E-state index in [9.17, 15) is 4.91 Å². The van der Waals surface area contributed by atoms with Gasteiger partial charge in [0.25, 0.3) is 0 Å². The predicted molar refractivity (Wildman–Crippen MR) is 62.9 cm³/mol. The Morgan fingerprint density at radius 2 is 2.19 bits per heavy atom. The van der Waals surface area contributed by atoms with E-state index in [1.165, 1.54) is 0 Å². The van der Waals surface area contributed by atoms with Gasteiger partial charge >= 0.3 is 0 Å². The summed E-state index contributed by atoms with van der Waals surface area (Å²) in [5.74, 6) is 0.650. The van der Waals surface area contributed by atoms with Crippen molar-refractivity contribution in [1.29, 1.82) is 5.41 Å². The first kappa shape index (κ1) is 12.6. The number of ether oxygens (including phenoxy) is 1. The zero-order chi connectivity index (χ0) is 12.3. The van der Waals surface area contributed by atoms with Crippen molar-refractivity contribution in [2.45, 2.75) is 13.3 Å². The van der Waals surface area contributed by atoms with Gasteiger partial charge in [0, 0.05) is 6.08 Å². The van der Waals surface area contributed by atoms with Crippen LogP contribution in [0, 0.1) is 10.3 Å². The van der Waals surface area contributed by atoms with Crippen LogP contribution in [0.15, 0.2) is 28.4 Å². The summed E-state index contributed by atoms with van der Waals surface area (Å²) in [5.41, 5.74) is 1.42. The topological polar surface area (TPSA) is 62.5 Å². The monoisotopic (exact) mass is 224 g/mol. The number of nitrogens with one attached hydrogen (secondary N) is 1. The van der Waals surface area contributed by atoms with Gasteiger partial charge in [-0.1, -0.05) is 0 Å². The van der Waals surface area contributed by atoms with Gasteiger partial charge in [0.15, 0.2) is 11.5 Å². The van der Waals surface area contributed by atoms with Crippen molar-refractivity contribution < 1.29 is 9.22 Å². The number of rotatable bonds is 4. The molecule has 0 aliphatic heterocycles. The highest BCUT2D eigenvalue weighted by Gasteiger charge is 2.30. The molecule has 5 heteroatoms. The maximum absolute atomic E-state index is 10.5. The third-order valence-electron chi connectivity index (χ3n) is 3.05. The Kier molecular flexibility index (Phi) is 3.59. The molecule has 0 aromatic rings. The average Bonchev–Trinajstić information content (AvgIpc) is 2.28. The quantitative estimate of drug-likeness (QED) is 0.586. The number of hydrogen-bond donors (Lipinski definition) is 1. The molecule has 1 rings (SSSR count). The number of hydrogen-bond acceptors (Lipinski definition) is 4. The van der Waals surface area contributed by atoms with E-state index in [1.807, 2.05) is 0 Å². The second-order valence-electron chi connectivity index (χ2n) is 4.29. The van der Waals surface area contributed by atoms with Crippen LogP contribution in [0.5, 0.6) is 0 Å². The van der Waals surface area contributed by atoms with E-state index in [2.05, 4.69) is 26.2 Å². The van der Waals surface area contributed by atoms with Crippen LogP contribution in [0.4, 0.5) is 0 Å². The van der Waals surface area contributed by atoms with Crippen molar-refractivity contribution in [3.63, 3.8) is 0 Å². The van der Waals surface area contributed by atoms with Gasteiger partial charge < -0.3 is 10.1 Å². The third-order valence-corrected chi connectivity index (χ3v) is 3.05. The first-order chi connectivity index (χ1) is 7.46. The van der Waals surface area contributed by atoms with E-state index in [4.69, 9.17) is 10.1 Å². The maximum atomic E-state index is 10.5. The third kappa shape index (κ3) is 2.19. The molecule has 0 aromatic heterocycles. The van der Waals surface area contributed by atoms with Crippen LogP contribution in [0.1, 0.15) is 13.3 Å². The van der Waals surface area contributed by atoms with Gasteiger partial charge in [-0.05, 0) is 12.1 Å². The summed E-state index contributed by atoms with van der Waals surface area (Å²) in [4.78, 5) is 10.5. The number of quaternary nitrogens is 1. The highest BCUT2D eigenvalue weighted by Crippen LogP contribution is 2.28. The molecule has 0 aromatic carbocycles. The lowest BCUT2D eigenvalue weighted by Crippen LogP contribution is -2.40. The minimum Gasteiger partial charge on any atom is -0.491 e. The van der Waals surface area contributed by atoms with Gasteiger partial charge in [-0.25, -0.2) is 0 Å². The van der Waals surface area contributed by atoms with Crippen LogP contribution >= 0.6 is 0 Å². The number of methoxy groups -OCH3 is 1. The largest absolute Gasteiger partial charge is 0.491 e. The van der Waals surface area contributed by atoms with Crippen molar-refractivity contribution in [2.75, 3.05) is 27.7 Å². The summed E-state index contributed by atoms with van der Waals surface area (Å²) in [7, 11) is 5.67. The first-order valence-electron chi connectivity index (χ1n) is 5.19. The molecule has 16 heavy (non-hydrogen) atoms. The Morgan fingerprint density at radius 3 is 2.62 bits per heavy atom. The van der Waals surface area contributed by atoms with Crippen molar-refractivity contribution in [3.8, 4) is 0 Å². The summed E-state index contributed by atoms with van der Waals surface area (Å²) in [6.07, 6.45) is 1.96. The smallest absolute Gasteiger partial charge is 0.177 e. The Balaban J connectivity index is 3.24. The van der Waals surface area contributed by atoms with Gasteiger partial charge in [-0.3, -0.25) is 4.48 Å². The van der Waals surface area contributed by atoms with Crippen LogP contribution < -0.4 is 0 Å². The second-order valence-corrected chi connectivity index (χ2v) is 4.29. The molecule has 1 aliphatic carbocycles.